The molecule has 4 heteroatoms. The van der Waals surface area contributed by atoms with Gasteiger partial charge in [0.2, 0.25) is 5.95 Å². The van der Waals surface area contributed by atoms with Gasteiger partial charge >= 0.3 is 0 Å². The van der Waals surface area contributed by atoms with Crippen LogP contribution in [-0.4, -0.2) is 16.5 Å². The molecule has 0 spiro atoms. The Labute approximate surface area is 96.7 Å². The van der Waals surface area contributed by atoms with Crippen LogP contribution in [0.3, 0.4) is 0 Å². The maximum absolute atomic E-state index is 5.77. The highest BCUT2D eigenvalue weighted by Gasteiger charge is 2.24. The highest BCUT2D eigenvalue weighted by Crippen LogP contribution is 2.31. The highest BCUT2D eigenvalue weighted by molar-refractivity contribution is 5.52. The number of nitrogens with zero attached hydrogens (tertiary/aromatic N) is 2. The number of aromatic nitrogens is 2. The molecule has 0 bridgehead atoms. The lowest BCUT2D eigenvalue weighted by Gasteiger charge is -2.22. The van der Waals surface area contributed by atoms with E-state index in [1.54, 1.807) is 0 Å². The molecule has 2 rings (SSSR count). The molecule has 4 nitrogen and oxygen atoms in total. The van der Waals surface area contributed by atoms with E-state index in [2.05, 4.69) is 36.1 Å². The summed E-state index contributed by atoms with van der Waals surface area (Å²) in [5, 5.41) is 3.35. The second kappa shape index (κ2) is 3.92. The number of nitrogens with two attached hydrogens (primary N) is 1. The summed E-state index contributed by atoms with van der Waals surface area (Å²) in [7, 11) is 0. The molecule has 0 saturated carbocycles. The van der Waals surface area contributed by atoms with Crippen molar-refractivity contribution in [2.45, 2.75) is 45.4 Å². The number of rotatable bonds is 0. The fourth-order valence-corrected chi connectivity index (χ4v) is 2.14. The molecule has 0 fully saturated rings. The van der Waals surface area contributed by atoms with Crippen molar-refractivity contribution in [3.05, 3.63) is 11.3 Å². The maximum atomic E-state index is 5.77. The number of hydrogen-bond donors (Lipinski definition) is 2. The second-order valence-corrected chi connectivity index (χ2v) is 5.39. The Morgan fingerprint density at radius 1 is 1.19 bits per heavy atom. The molecule has 88 valence electrons. The molecule has 0 amide bonds. The van der Waals surface area contributed by atoms with Gasteiger partial charge in [-0.05, 0) is 19.3 Å². The van der Waals surface area contributed by atoms with Crippen LogP contribution in [0.15, 0.2) is 0 Å². The van der Waals surface area contributed by atoms with Crippen LogP contribution in [-0.2, 0) is 11.8 Å². The lowest BCUT2D eigenvalue weighted by Crippen LogP contribution is -2.20. The fourth-order valence-electron chi connectivity index (χ4n) is 2.14. The Hall–Kier alpha value is -1.32. The summed E-state index contributed by atoms with van der Waals surface area (Å²) in [6.45, 7) is 7.48. The number of fused-ring (bicyclic) bond motifs is 1. The largest absolute Gasteiger partial charge is 0.370 e. The SMILES string of the molecule is CC(C)(C)c1nc(N)nc2c1CCCCN2. The first-order valence-electron chi connectivity index (χ1n) is 5.89. The van der Waals surface area contributed by atoms with Crippen molar-refractivity contribution in [1.29, 1.82) is 0 Å². The normalized spacial score (nSPS) is 16.2. The Morgan fingerprint density at radius 2 is 1.94 bits per heavy atom. The molecular weight excluding hydrogens is 200 g/mol. The maximum Gasteiger partial charge on any atom is 0.222 e. The highest BCUT2D eigenvalue weighted by atomic mass is 15.1. The third kappa shape index (κ3) is 2.10. The topological polar surface area (TPSA) is 63.8 Å². The molecule has 16 heavy (non-hydrogen) atoms. The van der Waals surface area contributed by atoms with Gasteiger partial charge in [0.1, 0.15) is 5.82 Å². The van der Waals surface area contributed by atoms with Crippen LogP contribution in [0.5, 0.6) is 0 Å². The molecule has 0 aliphatic carbocycles. The molecule has 0 aromatic carbocycles. The van der Waals surface area contributed by atoms with Gasteiger partial charge in [-0.3, -0.25) is 0 Å². The van der Waals surface area contributed by atoms with Gasteiger partial charge in [0, 0.05) is 17.5 Å². The molecule has 0 radical (unpaired) electrons. The molecule has 1 aliphatic rings. The molecule has 1 aromatic heterocycles. The van der Waals surface area contributed by atoms with Gasteiger partial charge in [0.05, 0.1) is 5.69 Å². The first kappa shape index (κ1) is 11.2. The van der Waals surface area contributed by atoms with Gasteiger partial charge in [-0.2, -0.15) is 4.98 Å². The monoisotopic (exact) mass is 220 g/mol. The Bertz CT molecular complexity index is 393. The first-order valence-corrected chi connectivity index (χ1v) is 5.89. The van der Waals surface area contributed by atoms with Crippen molar-refractivity contribution in [1.82, 2.24) is 9.97 Å². The van der Waals surface area contributed by atoms with Gasteiger partial charge in [-0.25, -0.2) is 4.98 Å². The predicted molar refractivity (Wildman–Crippen MR) is 66.6 cm³/mol. The standard InChI is InChI=1S/C12H20N4/c1-12(2,3)9-8-6-4-5-7-14-10(8)16-11(13)15-9/h4-7H2,1-3H3,(H3,13,14,15,16). The van der Waals surface area contributed by atoms with Gasteiger partial charge in [-0.1, -0.05) is 20.8 Å². The van der Waals surface area contributed by atoms with Crippen LogP contribution in [0, 0.1) is 0 Å². The Kier molecular flexibility index (Phi) is 2.74. The van der Waals surface area contributed by atoms with Crippen LogP contribution < -0.4 is 11.1 Å². The fraction of sp³-hybridized carbons (Fsp3) is 0.667. The van der Waals surface area contributed by atoms with E-state index in [4.69, 9.17) is 5.73 Å². The molecule has 3 N–H and O–H groups in total. The van der Waals surface area contributed by atoms with E-state index in [1.165, 1.54) is 18.4 Å². The van der Waals surface area contributed by atoms with E-state index in [9.17, 15) is 0 Å². The van der Waals surface area contributed by atoms with E-state index in [0.29, 0.717) is 5.95 Å². The molecular formula is C12H20N4. The van der Waals surface area contributed by atoms with Crippen molar-refractivity contribution in [2.24, 2.45) is 0 Å². The van der Waals surface area contributed by atoms with Crippen LogP contribution in [0.1, 0.15) is 44.9 Å². The molecule has 1 aromatic rings. The second-order valence-electron chi connectivity index (χ2n) is 5.39. The molecule has 0 saturated heterocycles. The number of nitrogen functional groups attached to an aromatic ring is 1. The third-order valence-corrected chi connectivity index (χ3v) is 2.88. The summed E-state index contributed by atoms with van der Waals surface area (Å²) in [6, 6.07) is 0. The van der Waals surface area contributed by atoms with Crippen LogP contribution >= 0.6 is 0 Å². The zero-order chi connectivity index (χ0) is 11.8. The average Bonchev–Trinajstić information content (AvgIpc) is 2.39. The van der Waals surface area contributed by atoms with Crippen molar-refractivity contribution < 1.29 is 0 Å². The van der Waals surface area contributed by atoms with E-state index < -0.39 is 0 Å². The van der Waals surface area contributed by atoms with Crippen molar-refractivity contribution in [2.75, 3.05) is 17.6 Å². The summed E-state index contributed by atoms with van der Waals surface area (Å²) in [5.41, 5.74) is 8.13. The lowest BCUT2D eigenvalue weighted by molar-refractivity contribution is 0.558. The smallest absolute Gasteiger partial charge is 0.222 e. The van der Waals surface area contributed by atoms with E-state index >= 15 is 0 Å². The molecule has 2 heterocycles. The van der Waals surface area contributed by atoms with Crippen molar-refractivity contribution in [3.63, 3.8) is 0 Å². The minimum atomic E-state index is 0.0210. The summed E-state index contributed by atoms with van der Waals surface area (Å²) in [5.74, 6) is 1.31. The van der Waals surface area contributed by atoms with Gasteiger partial charge in [0.15, 0.2) is 0 Å². The average molecular weight is 220 g/mol. The number of nitrogens with one attached hydrogen (secondary N) is 1. The number of hydrogen-bond acceptors (Lipinski definition) is 4. The third-order valence-electron chi connectivity index (χ3n) is 2.88. The van der Waals surface area contributed by atoms with Crippen LogP contribution in [0.4, 0.5) is 11.8 Å². The predicted octanol–water partition coefficient (Wildman–Crippen LogP) is 2.10. The zero-order valence-electron chi connectivity index (χ0n) is 10.3. The Balaban J connectivity index is 2.55. The lowest BCUT2D eigenvalue weighted by atomic mass is 9.87. The quantitative estimate of drug-likeness (QED) is 0.703. The summed E-state index contributed by atoms with van der Waals surface area (Å²) in [6.07, 6.45) is 3.42. The minimum absolute atomic E-state index is 0.0210. The van der Waals surface area contributed by atoms with Crippen LogP contribution in [0.2, 0.25) is 0 Å². The van der Waals surface area contributed by atoms with Crippen molar-refractivity contribution in [3.8, 4) is 0 Å². The van der Waals surface area contributed by atoms with Crippen molar-refractivity contribution >= 4 is 11.8 Å². The van der Waals surface area contributed by atoms with Gasteiger partial charge < -0.3 is 11.1 Å². The Morgan fingerprint density at radius 3 is 2.62 bits per heavy atom. The summed E-state index contributed by atoms with van der Waals surface area (Å²) < 4.78 is 0. The molecule has 0 unspecified atom stereocenters. The number of anilines is 2. The molecule has 1 aliphatic heterocycles. The van der Waals surface area contributed by atoms with Gasteiger partial charge in [-0.15, -0.1) is 0 Å². The van der Waals surface area contributed by atoms with Gasteiger partial charge in [0.25, 0.3) is 0 Å². The van der Waals surface area contributed by atoms with E-state index in [0.717, 1.165) is 24.5 Å². The van der Waals surface area contributed by atoms with E-state index in [-0.39, 0.29) is 5.41 Å². The van der Waals surface area contributed by atoms with E-state index in [1.807, 2.05) is 0 Å². The summed E-state index contributed by atoms with van der Waals surface area (Å²) in [4.78, 5) is 8.73. The summed E-state index contributed by atoms with van der Waals surface area (Å²) >= 11 is 0. The minimum Gasteiger partial charge on any atom is -0.370 e. The molecule has 0 atom stereocenters. The zero-order valence-corrected chi connectivity index (χ0v) is 10.3. The van der Waals surface area contributed by atoms with Crippen LogP contribution in [0.25, 0.3) is 0 Å². The first-order chi connectivity index (χ1) is 7.48.